The lowest BCUT2D eigenvalue weighted by atomic mass is 10.0. The molecule has 0 saturated carbocycles. The van der Waals surface area contributed by atoms with Crippen LogP contribution in [0.4, 0.5) is 0 Å². The molecular weight excluding hydrogens is 214 g/mol. The summed E-state index contributed by atoms with van der Waals surface area (Å²) >= 11 is 0. The zero-order valence-electron chi connectivity index (χ0n) is 7.57. The van der Waals surface area contributed by atoms with E-state index in [-0.39, 0.29) is 5.92 Å². The Morgan fingerprint density at radius 3 is 2.85 bits per heavy atom. The first-order chi connectivity index (χ1) is 6.04. The number of hydrogen-bond acceptors (Lipinski definition) is 3. The third-order valence-corrected chi connectivity index (χ3v) is 3.73. The maximum absolute atomic E-state index is 11.0. The van der Waals surface area contributed by atoms with Crippen molar-refractivity contribution in [1.29, 1.82) is 0 Å². The normalized spacial score (nSPS) is 26.2. The number of hydrogen-bond donors (Lipinski definition) is 0. The predicted octanol–water partition coefficient (Wildman–Crippen LogP) is 0.828. The Morgan fingerprint density at radius 1 is 1.62 bits per heavy atom. The van der Waals surface area contributed by atoms with Crippen LogP contribution in [0, 0.1) is 5.92 Å². The topological polar surface area (TPSA) is 46.6 Å². The van der Waals surface area contributed by atoms with Gasteiger partial charge in [0.25, 0.3) is 9.24 Å². The molecule has 0 unspecified atom stereocenters. The number of piperidine rings is 1. The van der Waals surface area contributed by atoms with E-state index in [1.807, 2.05) is 0 Å². The Hall–Kier alpha value is 0.160. The smallest absolute Gasteiger partial charge is 0.299 e. The Kier molecular flexibility index (Phi) is 3.97. The van der Waals surface area contributed by atoms with Gasteiger partial charge in [0.15, 0.2) is 0 Å². The molecule has 4 nitrogen and oxygen atoms in total. The van der Waals surface area contributed by atoms with E-state index in [0.717, 1.165) is 12.8 Å². The van der Waals surface area contributed by atoms with Crippen LogP contribution < -0.4 is 0 Å². The average Bonchev–Trinajstić information content (AvgIpc) is 2.04. The fourth-order valence-electron chi connectivity index (χ4n) is 1.60. The van der Waals surface area contributed by atoms with Crippen molar-refractivity contribution in [1.82, 2.24) is 4.31 Å². The van der Waals surface area contributed by atoms with Crippen LogP contribution in [0.15, 0.2) is 0 Å². The Morgan fingerprint density at radius 2 is 2.31 bits per heavy atom. The second kappa shape index (κ2) is 4.59. The minimum Gasteiger partial charge on any atom is -0.384 e. The molecule has 0 aromatic carbocycles. The Labute approximate surface area is 83.4 Å². The lowest BCUT2D eigenvalue weighted by Gasteiger charge is -2.29. The van der Waals surface area contributed by atoms with Gasteiger partial charge in [0.1, 0.15) is 0 Å². The maximum Gasteiger partial charge on any atom is 0.299 e. The van der Waals surface area contributed by atoms with Crippen LogP contribution >= 0.6 is 10.7 Å². The number of ether oxygens (including phenoxy) is 1. The second-order valence-electron chi connectivity index (χ2n) is 3.26. The number of nitrogens with zero attached hydrogens (tertiary/aromatic N) is 1. The summed E-state index contributed by atoms with van der Waals surface area (Å²) in [5.41, 5.74) is 0. The molecule has 0 spiro atoms. The summed E-state index contributed by atoms with van der Waals surface area (Å²) in [4.78, 5) is 0. The Bertz CT molecular complexity index is 252. The molecule has 0 aromatic heterocycles. The zero-order valence-corrected chi connectivity index (χ0v) is 9.14. The summed E-state index contributed by atoms with van der Waals surface area (Å²) in [6, 6.07) is 0. The van der Waals surface area contributed by atoms with Crippen LogP contribution in [0.25, 0.3) is 0 Å². The molecule has 1 atom stereocenters. The second-order valence-corrected chi connectivity index (χ2v) is 5.77. The van der Waals surface area contributed by atoms with Crippen molar-refractivity contribution in [2.45, 2.75) is 12.8 Å². The van der Waals surface area contributed by atoms with Gasteiger partial charge in [-0.1, -0.05) is 0 Å². The molecule has 0 aliphatic carbocycles. The molecule has 1 saturated heterocycles. The molecule has 6 heteroatoms. The van der Waals surface area contributed by atoms with Crippen molar-refractivity contribution < 1.29 is 13.2 Å². The molecule has 0 N–H and O–H groups in total. The van der Waals surface area contributed by atoms with Crippen molar-refractivity contribution in [2.75, 3.05) is 26.8 Å². The molecule has 0 aromatic rings. The molecule has 0 bridgehead atoms. The van der Waals surface area contributed by atoms with Gasteiger partial charge in [-0.25, -0.2) is 0 Å². The molecule has 13 heavy (non-hydrogen) atoms. The molecule has 1 aliphatic heterocycles. The van der Waals surface area contributed by atoms with Crippen LogP contribution in [-0.4, -0.2) is 39.5 Å². The van der Waals surface area contributed by atoms with E-state index in [2.05, 4.69) is 0 Å². The highest BCUT2D eigenvalue weighted by atomic mass is 35.7. The highest BCUT2D eigenvalue weighted by Gasteiger charge is 2.26. The highest BCUT2D eigenvalue weighted by Crippen LogP contribution is 2.20. The fourth-order valence-corrected chi connectivity index (χ4v) is 2.71. The fraction of sp³-hybridized carbons (Fsp3) is 1.00. The van der Waals surface area contributed by atoms with Gasteiger partial charge in [0, 0.05) is 30.9 Å². The summed E-state index contributed by atoms with van der Waals surface area (Å²) in [5.74, 6) is 0.285. The molecule has 1 rings (SSSR count). The largest absolute Gasteiger partial charge is 0.384 e. The lowest BCUT2D eigenvalue weighted by Crippen LogP contribution is -2.38. The molecule has 1 aliphatic rings. The third-order valence-electron chi connectivity index (χ3n) is 2.19. The quantitative estimate of drug-likeness (QED) is 0.671. The summed E-state index contributed by atoms with van der Waals surface area (Å²) in [6.45, 7) is 1.62. The molecule has 1 fully saturated rings. The van der Waals surface area contributed by atoms with Gasteiger partial charge in [-0.05, 0) is 18.8 Å². The first kappa shape index (κ1) is 11.2. The van der Waals surface area contributed by atoms with E-state index < -0.39 is 9.24 Å². The van der Waals surface area contributed by atoms with Crippen LogP contribution in [-0.2, 0) is 14.0 Å². The van der Waals surface area contributed by atoms with Crippen LogP contribution in [0.2, 0.25) is 0 Å². The van der Waals surface area contributed by atoms with Gasteiger partial charge >= 0.3 is 0 Å². The minimum atomic E-state index is -3.53. The highest BCUT2D eigenvalue weighted by molar-refractivity contribution is 8.11. The van der Waals surface area contributed by atoms with E-state index in [1.165, 1.54) is 4.31 Å². The van der Waals surface area contributed by atoms with Crippen LogP contribution in [0.3, 0.4) is 0 Å². The maximum atomic E-state index is 11.0. The van der Waals surface area contributed by atoms with Crippen LogP contribution in [0.1, 0.15) is 12.8 Å². The van der Waals surface area contributed by atoms with Crippen LogP contribution in [0.5, 0.6) is 0 Å². The first-order valence-electron chi connectivity index (χ1n) is 4.22. The third kappa shape index (κ3) is 3.42. The van der Waals surface area contributed by atoms with E-state index in [1.54, 1.807) is 7.11 Å². The summed E-state index contributed by atoms with van der Waals surface area (Å²) < 4.78 is 28.3. The van der Waals surface area contributed by atoms with Crippen molar-refractivity contribution >= 4 is 19.9 Å². The average molecular weight is 228 g/mol. The Balaban J connectivity index is 2.52. The van der Waals surface area contributed by atoms with E-state index in [4.69, 9.17) is 15.4 Å². The van der Waals surface area contributed by atoms with E-state index >= 15 is 0 Å². The molecule has 78 valence electrons. The lowest BCUT2D eigenvalue weighted by molar-refractivity contribution is 0.119. The van der Waals surface area contributed by atoms with Gasteiger partial charge in [0.05, 0.1) is 6.61 Å². The van der Waals surface area contributed by atoms with Crippen molar-refractivity contribution in [3.63, 3.8) is 0 Å². The minimum absolute atomic E-state index is 0.285. The van der Waals surface area contributed by atoms with E-state index in [9.17, 15) is 8.42 Å². The van der Waals surface area contributed by atoms with E-state index in [0.29, 0.717) is 19.7 Å². The molecule has 0 radical (unpaired) electrons. The van der Waals surface area contributed by atoms with Crippen molar-refractivity contribution in [2.24, 2.45) is 5.92 Å². The molecule has 0 amide bonds. The summed E-state index contributed by atoms with van der Waals surface area (Å²) in [6.07, 6.45) is 1.87. The number of rotatable bonds is 3. The summed E-state index contributed by atoms with van der Waals surface area (Å²) in [7, 11) is 3.33. The zero-order chi connectivity index (χ0) is 9.90. The monoisotopic (exact) mass is 227 g/mol. The number of methoxy groups -OCH3 is 1. The SMILES string of the molecule is COC[C@H]1CCCN(S(=O)(=O)Cl)C1. The van der Waals surface area contributed by atoms with Gasteiger partial charge < -0.3 is 4.74 Å². The molecule has 1 heterocycles. The predicted molar refractivity (Wildman–Crippen MR) is 50.9 cm³/mol. The van der Waals surface area contributed by atoms with Gasteiger partial charge in [-0.2, -0.15) is 12.7 Å². The molecular formula is C7H14ClNO3S. The van der Waals surface area contributed by atoms with Gasteiger partial charge in [-0.15, -0.1) is 0 Å². The van der Waals surface area contributed by atoms with Crippen molar-refractivity contribution in [3.05, 3.63) is 0 Å². The first-order valence-corrected chi connectivity index (χ1v) is 6.49. The summed E-state index contributed by atoms with van der Waals surface area (Å²) in [5, 5.41) is 0. The number of halogens is 1. The standard InChI is InChI=1S/C7H14ClNO3S/c1-12-6-7-3-2-4-9(5-7)13(8,10)11/h7H,2-6H2,1H3/t7-/m0/s1. The van der Waals surface area contributed by atoms with Crippen molar-refractivity contribution in [3.8, 4) is 0 Å². The van der Waals surface area contributed by atoms with Gasteiger partial charge in [0.2, 0.25) is 0 Å². The van der Waals surface area contributed by atoms with Gasteiger partial charge in [-0.3, -0.25) is 0 Å².